The summed E-state index contributed by atoms with van der Waals surface area (Å²) in [6, 6.07) is 3.99. The number of aromatic nitrogens is 2. The van der Waals surface area contributed by atoms with Gasteiger partial charge in [-0.3, -0.25) is 4.79 Å². The fourth-order valence-corrected chi connectivity index (χ4v) is 3.28. The monoisotopic (exact) mass is 482 g/mol. The molecule has 172 valence electrons. The van der Waals surface area contributed by atoms with E-state index in [1.54, 1.807) is 5.32 Å². The van der Waals surface area contributed by atoms with Gasteiger partial charge in [-0.2, -0.15) is 18.4 Å². The number of anilines is 1. The number of pyridine rings is 2. The van der Waals surface area contributed by atoms with Crippen LogP contribution in [0.4, 0.5) is 23.8 Å². The Kier molecular flexibility index (Phi) is 6.41. The molecular weight excluding hydrogens is 469 g/mol. The SMILES string of the molecule is C[C@@]1(c2nc(NC(=O)c3ccc(C#N)cn3)ccc2Cl)C[C@@H](C(F)(F)F)N=C(NC(=O)O)O1. The lowest BCUT2D eigenvalue weighted by molar-refractivity contribution is -0.164. The Hall–Kier alpha value is -3.92. The number of hydrogen-bond donors (Lipinski definition) is 3. The second kappa shape index (κ2) is 8.91. The van der Waals surface area contributed by atoms with Crippen molar-refractivity contribution in [1.29, 1.82) is 5.26 Å². The van der Waals surface area contributed by atoms with Crippen LogP contribution < -0.4 is 10.6 Å². The normalized spacial score (nSPS) is 20.1. The first kappa shape index (κ1) is 23.7. The number of halogens is 4. The summed E-state index contributed by atoms with van der Waals surface area (Å²) in [6.45, 7) is 1.24. The van der Waals surface area contributed by atoms with Gasteiger partial charge in [0.1, 0.15) is 23.3 Å². The molecule has 3 rings (SSSR count). The molecule has 0 unspecified atom stereocenters. The lowest BCUT2D eigenvalue weighted by Gasteiger charge is -2.37. The highest BCUT2D eigenvalue weighted by molar-refractivity contribution is 6.31. The summed E-state index contributed by atoms with van der Waals surface area (Å²) >= 11 is 6.17. The summed E-state index contributed by atoms with van der Waals surface area (Å²) in [5.74, 6) is -0.771. The van der Waals surface area contributed by atoms with E-state index in [4.69, 9.17) is 26.7 Å². The summed E-state index contributed by atoms with van der Waals surface area (Å²) < 4.78 is 45.7. The van der Waals surface area contributed by atoms with Crippen molar-refractivity contribution >= 4 is 35.4 Å². The Morgan fingerprint density at radius 1 is 1.30 bits per heavy atom. The summed E-state index contributed by atoms with van der Waals surface area (Å²) in [6.07, 6.45) is -6.02. The summed E-state index contributed by atoms with van der Waals surface area (Å²) in [5.41, 5.74) is -1.81. The molecule has 2 amide bonds. The number of carboxylic acid groups (broad SMARTS) is 1. The molecule has 14 heteroatoms. The maximum atomic E-state index is 13.4. The van der Waals surface area contributed by atoms with Gasteiger partial charge in [-0.15, -0.1) is 0 Å². The van der Waals surface area contributed by atoms with Crippen molar-refractivity contribution < 1.29 is 32.6 Å². The lowest BCUT2D eigenvalue weighted by Crippen LogP contribution is -2.48. The Balaban J connectivity index is 1.92. The third-order valence-corrected chi connectivity index (χ3v) is 4.79. The number of nitrogens with one attached hydrogen (secondary N) is 2. The third kappa shape index (κ3) is 5.47. The van der Waals surface area contributed by atoms with Crippen LogP contribution in [0.3, 0.4) is 0 Å². The molecule has 10 nitrogen and oxygen atoms in total. The Labute approximate surface area is 189 Å². The summed E-state index contributed by atoms with van der Waals surface area (Å²) in [7, 11) is 0. The molecular formula is C19H14ClF3N6O4. The van der Waals surface area contributed by atoms with Crippen LogP contribution in [0.5, 0.6) is 0 Å². The number of aliphatic imine (C=N–C) groups is 1. The zero-order valence-corrected chi connectivity index (χ0v) is 17.4. The predicted octanol–water partition coefficient (Wildman–Crippen LogP) is 3.44. The maximum absolute atomic E-state index is 13.4. The number of alkyl halides is 3. The number of rotatable bonds is 3. The lowest BCUT2D eigenvalue weighted by atomic mass is 9.91. The van der Waals surface area contributed by atoms with Crippen molar-refractivity contribution in [2.24, 2.45) is 4.99 Å². The van der Waals surface area contributed by atoms with Crippen LogP contribution in [0.2, 0.25) is 5.02 Å². The fourth-order valence-electron chi connectivity index (χ4n) is 2.98. The van der Waals surface area contributed by atoms with Gasteiger partial charge in [-0.1, -0.05) is 11.6 Å². The van der Waals surface area contributed by atoms with Gasteiger partial charge in [-0.05, 0) is 31.2 Å². The van der Waals surface area contributed by atoms with E-state index in [0.717, 1.165) is 0 Å². The molecule has 0 bridgehead atoms. The Morgan fingerprint density at radius 3 is 2.61 bits per heavy atom. The minimum absolute atomic E-state index is 0.0374. The molecule has 0 fully saturated rings. The van der Waals surface area contributed by atoms with Gasteiger partial charge >= 0.3 is 12.3 Å². The fraction of sp³-hybridized carbons (Fsp3) is 0.263. The van der Waals surface area contributed by atoms with Crippen LogP contribution in [-0.2, 0) is 10.3 Å². The highest BCUT2D eigenvalue weighted by atomic mass is 35.5. The molecule has 1 aliphatic heterocycles. The minimum Gasteiger partial charge on any atom is -0.465 e. The molecule has 0 saturated heterocycles. The van der Waals surface area contributed by atoms with Crippen LogP contribution in [0.1, 0.15) is 35.1 Å². The van der Waals surface area contributed by atoms with Crippen molar-refractivity contribution in [3.63, 3.8) is 0 Å². The minimum atomic E-state index is -4.80. The summed E-state index contributed by atoms with van der Waals surface area (Å²) in [4.78, 5) is 34.6. The van der Waals surface area contributed by atoms with Crippen LogP contribution in [0.15, 0.2) is 35.5 Å². The predicted molar refractivity (Wildman–Crippen MR) is 108 cm³/mol. The van der Waals surface area contributed by atoms with Crippen molar-refractivity contribution in [3.8, 4) is 6.07 Å². The first-order chi connectivity index (χ1) is 15.4. The molecule has 0 aliphatic carbocycles. The number of amidine groups is 1. The van der Waals surface area contributed by atoms with Crippen LogP contribution >= 0.6 is 11.6 Å². The van der Waals surface area contributed by atoms with E-state index in [9.17, 15) is 22.8 Å². The first-order valence-corrected chi connectivity index (χ1v) is 9.47. The molecule has 1 aliphatic rings. The van der Waals surface area contributed by atoms with E-state index in [-0.39, 0.29) is 27.8 Å². The maximum Gasteiger partial charge on any atom is 0.412 e. The zero-order valence-electron chi connectivity index (χ0n) is 16.6. The highest BCUT2D eigenvalue weighted by Crippen LogP contribution is 2.41. The van der Waals surface area contributed by atoms with E-state index >= 15 is 0 Å². The molecule has 3 N–H and O–H groups in total. The molecule has 3 heterocycles. The number of carbonyl (C=O) groups is 2. The van der Waals surface area contributed by atoms with Crippen molar-refractivity contribution in [2.45, 2.75) is 31.2 Å². The quantitative estimate of drug-likeness (QED) is 0.606. The molecule has 2 aromatic heterocycles. The van der Waals surface area contributed by atoms with Crippen LogP contribution in [0.25, 0.3) is 0 Å². The molecule has 2 atom stereocenters. The second-order valence-electron chi connectivity index (χ2n) is 6.98. The average molecular weight is 483 g/mol. The number of hydrogen-bond acceptors (Lipinski definition) is 7. The van der Waals surface area contributed by atoms with Gasteiger partial charge in [0.05, 0.1) is 10.6 Å². The van der Waals surface area contributed by atoms with Gasteiger partial charge in [0.25, 0.3) is 11.9 Å². The number of ether oxygens (including phenoxy) is 1. The zero-order chi connectivity index (χ0) is 24.4. The summed E-state index contributed by atoms with van der Waals surface area (Å²) in [5, 5.41) is 21.7. The topological polar surface area (TPSA) is 150 Å². The average Bonchev–Trinajstić information content (AvgIpc) is 2.73. The Bertz CT molecular complexity index is 1170. The smallest absolute Gasteiger partial charge is 0.412 e. The molecule has 2 aromatic rings. The molecule has 0 radical (unpaired) electrons. The van der Waals surface area contributed by atoms with Crippen LogP contribution in [-0.4, -0.2) is 45.3 Å². The van der Waals surface area contributed by atoms with Gasteiger partial charge < -0.3 is 15.2 Å². The van der Waals surface area contributed by atoms with Gasteiger partial charge in [-0.25, -0.2) is 25.1 Å². The first-order valence-electron chi connectivity index (χ1n) is 9.09. The number of nitrogens with zero attached hydrogens (tertiary/aromatic N) is 4. The standard InChI is InChI=1S/C19H14ClF3N6O4/c1-18(6-12(19(21,22)23)26-16(33-18)29-17(31)32)14-10(20)3-5-13(27-14)28-15(30)11-4-2-9(7-24)8-25-11/h2-5,8,12H,6H2,1H3,(H,26,29)(H,31,32)(H,27,28,30)/t12-,18-/m0/s1. The van der Waals surface area contributed by atoms with Crippen molar-refractivity contribution in [2.75, 3.05) is 5.32 Å². The molecule has 0 spiro atoms. The second-order valence-corrected chi connectivity index (χ2v) is 7.39. The number of nitriles is 1. The molecule has 33 heavy (non-hydrogen) atoms. The van der Waals surface area contributed by atoms with E-state index in [2.05, 4.69) is 20.3 Å². The van der Waals surface area contributed by atoms with Gasteiger partial charge in [0.2, 0.25) is 0 Å². The molecule has 0 saturated carbocycles. The van der Waals surface area contributed by atoms with Crippen molar-refractivity contribution in [1.82, 2.24) is 15.3 Å². The van der Waals surface area contributed by atoms with E-state index in [1.165, 1.54) is 37.4 Å². The Morgan fingerprint density at radius 2 is 2.03 bits per heavy atom. The van der Waals surface area contributed by atoms with E-state index in [1.807, 2.05) is 6.07 Å². The van der Waals surface area contributed by atoms with Gasteiger partial charge in [0.15, 0.2) is 11.6 Å². The number of carbonyl (C=O) groups excluding carboxylic acids is 1. The van der Waals surface area contributed by atoms with Gasteiger partial charge in [0, 0.05) is 12.6 Å². The van der Waals surface area contributed by atoms with Crippen molar-refractivity contribution in [3.05, 3.63) is 52.4 Å². The van der Waals surface area contributed by atoms with Crippen LogP contribution in [0, 0.1) is 11.3 Å². The molecule has 0 aromatic carbocycles. The largest absolute Gasteiger partial charge is 0.465 e. The highest BCUT2D eigenvalue weighted by Gasteiger charge is 2.50. The van der Waals surface area contributed by atoms with E-state index < -0.39 is 42.3 Å². The number of amides is 2. The van der Waals surface area contributed by atoms with E-state index in [0.29, 0.717) is 0 Å². The third-order valence-electron chi connectivity index (χ3n) is 4.48.